The van der Waals surface area contributed by atoms with Crippen LogP contribution in [0.25, 0.3) is 10.2 Å². The summed E-state index contributed by atoms with van der Waals surface area (Å²) in [5.41, 5.74) is 1.38. The maximum Gasteiger partial charge on any atom is 0.279 e. The summed E-state index contributed by atoms with van der Waals surface area (Å²) >= 11 is 1.45. The van der Waals surface area contributed by atoms with Crippen LogP contribution in [0, 0.1) is 0 Å². The molecule has 152 valence electrons. The van der Waals surface area contributed by atoms with Gasteiger partial charge in [0.25, 0.3) is 5.91 Å². The van der Waals surface area contributed by atoms with Gasteiger partial charge in [-0.05, 0) is 37.3 Å². The Morgan fingerprint density at radius 3 is 2.83 bits per heavy atom. The van der Waals surface area contributed by atoms with E-state index in [0.717, 1.165) is 16.0 Å². The summed E-state index contributed by atoms with van der Waals surface area (Å²) in [6, 6.07) is 11.0. The van der Waals surface area contributed by atoms with Crippen LogP contribution in [0.3, 0.4) is 0 Å². The topological polar surface area (TPSA) is 71.3 Å². The van der Waals surface area contributed by atoms with Gasteiger partial charge >= 0.3 is 0 Å². The number of carbonyl (C=O) groups excluding carboxylic acids is 1. The average molecular weight is 414 g/mol. The van der Waals surface area contributed by atoms with E-state index in [2.05, 4.69) is 4.99 Å². The summed E-state index contributed by atoms with van der Waals surface area (Å²) in [4.78, 5) is 17.9. The third-order valence-electron chi connectivity index (χ3n) is 4.47. The highest BCUT2D eigenvalue weighted by Crippen LogP contribution is 2.31. The maximum atomic E-state index is 12.9. The number of aromatic nitrogens is 1. The van der Waals surface area contributed by atoms with Gasteiger partial charge in [0, 0.05) is 19.2 Å². The molecule has 4 rings (SSSR count). The molecule has 2 aromatic carbocycles. The van der Waals surface area contributed by atoms with E-state index in [1.165, 1.54) is 11.3 Å². The van der Waals surface area contributed by atoms with Crippen LogP contribution in [-0.2, 0) is 11.3 Å². The normalized spacial score (nSPS) is 13.7. The molecule has 3 aromatic rings. The van der Waals surface area contributed by atoms with Crippen molar-refractivity contribution in [1.29, 1.82) is 0 Å². The van der Waals surface area contributed by atoms with Crippen molar-refractivity contribution in [3.63, 3.8) is 0 Å². The number of carbonyl (C=O) groups is 1. The number of para-hydroxylation sites is 1. The third kappa shape index (κ3) is 3.99. The monoisotopic (exact) mass is 414 g/mol. The number of ether oxygens (including phenoxy) is 4. The van der Waals surface area contributed by atoms with E-state index in [0.29, 0.717) is 54.8 Å². The summed E-state index contributed by atoms with van der Waals surface area (Å²) in [5, 5.41) is 0. The van der Waals surface area contributed by atoms with Gasteiger partial charge in [0.05, 0.1) is 17.9 Å². The predicted octanol–water partition coefficient (Wildman–Crippen LogP) is 3.26. The maximum absolute atomic E-state index is 12.9. The predicted molar refractivity (Wildman–Crippen MR) is 110 cm³/mol. The van der Waals surface area contributed by atoms with Gasteiger partial charge in [0.1, 0.15) is 24.5 Å². The zero-order chi connectivity index (χ0) is 20.2. The van der Waals surface area contributed by atoms with Crippen molar-refractivity contribution < 1.29 is 23.7 Å². The Hall–Kier alpha value is -2.84. The molecule has 1 aliphatic heterocycles. The fraction of sp³-hybridized carbons (Fsp3) is 0.333. The summed E-state index contributed by atoms with van der Waals surface area (Å²) in [6.45, 7) is 4.54. The molecule has 8 heteroatoms. The van der Waals surface area contributed by atoms with Crippen LogP contribution < -0.4 is 19.0 Å². The molecule has 0 unspecified atom stereocenters. The molecule has 0 saturated heterocycles. The SMILES string of the molecule is CCOc1cccc2sc(=NC(=O)c3ccc4c(c3)OCCO4)n(CCOC)c12. The van der Waals surface area contributed by atoms with Crippen molar-refractivity contribution in [2.45, 2.75) is 13.5 Å². The van der Waals surface area contributed by atoms with Crippen LogP contribution in [0.15, 0.2) is 41.4 Å². The summed E-state index contributed by atoms with van der Waals surface area (Å²) in [7, 11) is 1.65. The van der Waals surface area contributed by atoms with E-state index in [9.17, 15) is 4.79 Å². The zero-order valence-corrected chi connectivity index (χ0v) is 17.2. The van der Waals surface area contributed by atoms with Gasteiger partial charge in [0.2, 0.25) is 0 Å². The quantitative estimate of drug-likeness (QED) is 0.619. The molecule has 1 aliphatic rings. The Kier molecular flexibility index (Phi) is 5.82. The van der Waals surface area contributed by atoms with E-state index in [-0.39, 0.29) is 5.91 Å². The number of amides is 1. The van der Waals surface area contributed by atoms with Crippen molar-refractivity contribution in [2.24, 2.45) is 4.99 Å². The second-order valence-electron chi connectivity index (χ2n) is 6.34. The van der Waals surface area contributed by atoms with Gasteiger partial charge < -0.3 is 23.5 Å². The van der Waals surface area contributed by atoms with Gasteiger partial charge in [-0.1, -0.05) is 17.4 Å². The van der Waals surface area contributed by atoms with Crippen LogP contribution in [0.5, 0.6) is 17.2 Å². The highest BCUT2D eigenvalue weighted by Gasteiger charge is 2.16. The number of hydrogen-bond acceptors (Lipinski definition) is 6. The lowest BCUT2D eigenvalue weighted by atomic mass is 10.2. The molecule has 7 nitrogen and oxygen atoms in total. The number of nitrogens with zero attached hydrogens (tertiary/aromatic N) is 2. The second-order valence-corrected chi connectivity index (χ2v) is 7.35. The van der Waals surface area contributed by atoms with Crippen LogP contribution >= 0.6 is 11.3 Å². The van der Waals surface area contributed by atoms with Gasteiger partial charge in [-0.25, -0.2) is 0 Å². The fourth-order valence-corrected chi connectivity index (χ4v) is 4.24. The molecule has 29 heavy (non-hydrogen) atoms. The van der Waals surface area contributed by atoms with Crippen molar-refractivity contribution in [2.75, 3.05) is 33.5 Å². The van der Waals surface area contributed by atoms with E-state index in [1.54, 1.807) is 25.3 Å². The summed E-state index contributed by atoms with van der Waals surface area (Å²) < 4.78 is 25.1. The number of fused-ring (bicyclic) bond motifs is 2. The molecule has 2 heterocycles. The van der Waals surface area contributed by atoms with E-state index >= 15 is 0 Å². The first-order valence-corrected chi connectivity index (χ1v) is 10.3. The minimum atomic E-state index is -0.336. The molecule has 0 fully saturated rings. The van der Waals surface area contributed by atoms with Crippen molar-refractivity contribution in [3.05, 3.63) is 46.8 Å². The number of hydrogen-bond donors (Lipinski definition) is 0. The van der Waals surface area contributed by atoms with Gasteiger partial charge in [-0.15, -0.1) is 0 Å². The zero-order valence-electron chi connectivity index (χ0n) is 16.3. The first-order chi connectivity index (χ1) is 14.2. The first-order valence-electron chi connectivity index (χ1n) is 9.44. The molecular formula is C21H22N2O5S. The molecule has 0 N–H and O–H groups in total. The third-order valence-corrected chi connectivity index (χ3v) is 5.51. The van der Waals surface area contributed by atoms with Crippen molar-refractivity contribution in [3.8, 4) is 17.2 Å². The molecule has 0 bridgehead atoms. The Morgan fingerprint density at radius 1 is 1.21 bits per heavy atom. The van der Waals surface area contributed by atoms with E-state index in [4.69, 9.17) is 18.9 Å². The van der Waals surface area contributed by atoms with Crippen LogP contribution in [0.4, 0.5) is 0 Å². The van der Waals surface area contributed by atoms with Crippen LogP contribution in [0.2, 0.25) is 0 Å². The highest BCUT2D eigenvalue weighted by molar-refractivity contribution is 7.16. The highest BCUT2D eigenvalue weighted by atomic mass is 32.1. The number of methoxy groups -OCH3 is 1. The average Bonchev–Trinajstić information content (AvgIpc) is 3.10. The van der Waals surface area contributed by atoms with Gasteiger partial charge in [0.15, 0.2) is 16.3 Å². The standard InChI is InChI=1S/C21H22N2O5S/c1-3-26-16-5-4-6-18-19(16)23(9-10-25-2)21(29-18)22-20(24)14-7-8-15-17(13-14)28-12-11-27-15/h4-8,13H,3,9-12H2,1-2H3. The Labute approximate surface area is 172 Å². The second kappa shape index (κ2) is 8.67. The van der Waals surface area contributed by atoms with Crippen LogP contribution in [0.1, 0.15) is 17.3 Å². The molecule has 0 saturated carbocycles. The first kappa shape index (κ1) is 19.5. The van der Waals surface area contributed by atoms with E-state index in [1.807, 2.05) is 29.7 Å². The van der Waals surface area contributed by atoms with Crippen LogP contribution in [-0.4, -0.2) is 44.0 Å². The lowest BCUT2D eigenvalue weighted by Crippen LogP contribution is -2.20. The lowest BCUT2D eigenvalue weighted by Gasteiger charge is -2.18. The fourth-order valence-electron chi connectivity index (χ4n) is 3.17. The number of benzene rings is 2. The van der Waals surface area contributed by atoms with Gasteiger partial charge in [-0.2, -0.15) is 4.99 Å². The van der Waals surface area contributed by atoms with Crippen molar-refractivity contribution >= 4 is 27.5 Å². The summed E-state index contributed by atoms with van der Waals surface area (Å²) in [6.07, 6.45) is 0. The summed E-state index contributed by atoms with van der Waals surface area (Å²) in [5.74, 6) is 1.65. The molecule has 1 amide bonds. The molecule has 0 atom stereocenters. The molecular weight excluding hydrogens is 392 g/mol. The Morgan fingerprint density at radius 2 is 2.03 bits per heavy atom. The number of rotatable bonds is 6. The lowest BCUT2D eigenvalue weighted by molar-refractivity contribution is 0.0996. The van der Waals surface area contributed by atoms with Gasteiger partial charge in [-0.3, -0.25) is 4.79 Å². The minimum absolute atomic E-state index is 0.336. The smallest absolute Gasteiger partial charge is 0.279 e. The largest absolute Gasteiger partial charge is 0.492 e. The molecule has 1 aromatic heterocycles. The Balaban J connectivity index is 1.78. The molecule has 0 spiro atoms. The Bertz CT molecular complexity index is 1100. The molecule has 0 aliphatic carbocycles. The van der Waals surface area contributed by atoms with Crippen molar-refractivity contribution in [1.82, 2.24) is 4.57 Å². The minimum Gasteiger partial charge on any atom is -0.492 e. The number of thiazole rings is 1. The molecule has 0 radical (unpaired) electrons. The van der Waals surface area contributed by atoms with E-state index < -0.39 is 0 Å².